The van der Waals surface area contributed by atoms with E-state index in [2.05, 4.69) is 23.9 Å². The molecule has 0 aliphatic heterocycles. The first-order valence-corrected chi connectivity index (χ1v) is 3.80. The predicted molar refractivity (Wildman–Crippen MR) is 52.9 cm³/mol. The zero-order valence-corrected chi connectivity index (χ0v) is 7.33. The van der Waals surface area contributed by atoms with Crippen molar-refractivity contribution in [3.05, 3.63) is 29.3 Å². The molecule has 0 atom stereocenters. The molecule has 0 spiro atoms. The Balaban J connectivity index is 3.03. The molecule has 60 valence electrons. The second-order valence-corrected chi connectivity index (χ2v) is 2.71. The number of nitrogens with zero attached hydrogens (tertiary/aromatic N) is 1. The van der Waals surface area contributed by atoms with Crippen LogP contribution >= 0.6 is 0 Å². The van der Waals surface area contributed by atoms with Gasteiger partial charge in [-0.2, -0.15) is 0 Å². The first-order chi connectivity index (χ1) is 5.74. The monoisotopic (exact) mass is 157 g/mol. The van der Waals surface area contributed by atoms with Crippen molar-refractivity contribution in [1.29, 1.82) is 0 Å². The first-order valence-electron chi connectivity index (χ1n) is 3.80. The molecule has 0 fully saturated rings. The van der Waals surface area contributed by atoms with E-state index in [4.69, 9.17) is 6.42 Å². The van der Waals surface area contributed by atoms with E-state index in [-0.39, 0.29) is 0 Å². The van der Waals surface area contributed by atoms with Gasteiger partial charge >= 0.3 is 0 Å². The van der Waals surface area contributed by atoms with Gasteiger partial charge in [0.1, 0.15) is 0 Å². The van der Waals surface area contributed by atoms with Crippen molar-refractivity contribution in [1.82, 2.24) is 0 Å². The van der Waals surface area contributed by atoms with Gasteiger partial charge in [0.2, 0.25) is 0 Å². The molecule has 12 heavy (non-hydrogen) atoms. The molecule has 0 aromatic heterocycles. The van der Waals surface area contributed by atoms with Gasteiger partial charge in [-0.1, -0.05) is 23.6 Å². The van der Waals surface area contributed by atoms with Crippen molar-refractivity contribution in [2.24, 2.45) is 4.99 Å². The predicted octanol–water partition coefficient (Wildman–Crippen LogP) is 2.64. The number of aliphatic imine (C=N–C) groups is 1. The molecule has 1 nitrogen and oxygen atoms in total. The van der Waals surface area contributed by atoms with Gasteiger partial charge in [-0.25, -0.2) is 4.99 Å². The fraction of sp³-hybridized carbons (Fsp3) is 0.182. The number of benzene rings is 1. The maximum absolute atomic E-state index is 5.06. The molecule has 0 N–H and O–H groups in total. The summed E-state index contributed by atoms with van der Waals surface area (Å²) in [4.78, 5) is 4.10. The summed E-state index contributed by atoms with van der Waals surface area (Å²) in [7, 11) is 0. The lowest BCUT2D eigenvalue weighted by Gasteiger charge is -1.99. The van der Waals surface area contributed by atoms with Crippen molar-refractivity contribution < 1.29 is 0 Å². The average Bonchev–Trinajstić information content (AvgIpc) is 2.03. The van der Waals surface area contributed by atoms with Crippen LogP contribution in [0.25, 0.3) is 0 Å². The molecule has 1 heteroatoms. The minimum atomic E-state index is 0.943. The normalized spacial score (nSPS) is 10.1. The number of terminal acetylenes is 1. The van der Waals surface area contributed by atoms with Gasteiger partial charge in [-0.05, 0) is 25.5 Å². The van der Waals surface area contributed by atoms with E-state index in [0.29, 0.717) is 0 Å². The lowest BCUT2D eigenvalue weighted by Crippen LogP contribution is -1.77. The molecule has 0 bridgehead atoms. The third kappa shape index (κ3) is 1.96. The maximum atomic E-state index is 5.06. The summed E-state index contributed by atoms with van der Waals surface area (Å²) in [6.07, 6.45) is 6.53. The Morgan fingerprint density at radius 3 is 2.75 bits per heavy atom. The van der Waals surface area contributed by atoms with Crippen LogP contribution in [0.1, 0.15) is 11.1 Å². The molecule has 1 aromatic carbocycles. The third-order valence-corrected chi connectivity index (χ3v) is 1.63. The van der Waals surface area contributed by atoms with Crippen LogP contribution in [-0.2, 0) is 0 Å². The van der Waals surface area contributed by atoms with Gasteiger partial charge < -0.3 is 0 Å². The van der Waals surface area contributed by atoms with Gasteiger partial charge in [-0.15, -0.1) is 6.42 Å². The Bertz CT molecular complexity index is 343. The fourth-order valence-corrected chi connectivity index (χ4v) is 1.06. The molecule has 1 rings (SSSR count). The molecule has 0 radical (unpaired) electrons. The van der Waals surface area contributed by atoms with E-state index in [0.717, 1.165) is 11.3 Å². The molecule has 1 aromatic rings. The highest BCUT2D eigenvalue weighted by molar-refractivity contribution is 5.80. The molecule has 0 heterocycles. The smallest absolute Gasteiger partial charge is 0.0771 e. The van der Waals surface area contributed by atoms with Crippen LogP contribution in [0.5, 0.6) is 0 Å². The lowest BCUT2D eigenvalue weighted by molar-refractivity contribution is 1.35. The molecule has 0 aliphatic rings. The average molecular weight is 157 g/mol. The quantitative estimate of drug-likeness (QED) is 0.439. The van der Waals surface area contributed by atoms with Gasteiger partial charge in [0.25, 0.3) is 0 Å². The Kier molecular flexibility index (Phi) is 2.66. The molecule has 0 saturated carbocycles. The lowest BCUT2D eigenvalue weighted by atomic mass is 10.1. The topological polar surface area (TPSA) is 12.4 Å². The number of hydrogen-bond donors (Lipinski definition) is 0. The van der Waals surface area contributed by atoms with Gasteiger partial charge in [0.05, 0.1) is 11.9 Å². The second-order valence-electron chi connectivity index (χ2n) is 2.71. The molecule has 0 amide bonds. The summed E-state index contributed by atoms with van der Waals surface area (Å²) in [6.45, 7) is 4.08. The largest absolute Gasteiger partial charge is 0.248 e. The van der Waals surface area contributed by atoms with Crippen molar-refractivity contribution in [3.8, 4) is 12.3 Å². The Morgan fingerprint density at radius 1 is 1.42 bits per heavy atom. The third-order valence-electron chi connectivity index (χ3n) is 1.63. The Hall–Kier alpha value is -1.55. The van der Waals surface area contributed by atoms with Crippen LogP contribution in [0.4, 0.5) is 5.69 Å². The highest BCUT2D eigenvalue weighted by atomic mass is 14.7. The molecular weight excluding hydrogens is 146 g/mol. The highest BCUT2D eigenvalue weighted by Crippen LogP contribution is 2.18. The van der Waals surface area contributed by atoms with Crippen LogP contribution in [0, 0.1) is 26.2 Å². The Labute approximate surface area is 73.2 Å². The summed E-state index contributed by atoms with van der Waals surface area (Å²) in [5.74, 6) is 2.37. The van der Waals surface area contributed by atoms with Gasteiger partial charge in [-0.3, -0.25) is 0 Å². The minimum Gasteiger partial charge on any atom is -0.248 e. The van der Waals surface area contributed by atoms with E-state index in [9.17, 15) is 0 Å². The van der Waals surface area contributed by atoms with E-state index >= 15 is 0 Å². The summed E-state index contributed by atoms with van der Waals surface area (Å²) < 4.78 is 0. The van der Waals surface area contributed by atoms with Crippen LogP contribution in [-0.4, -0.2) is 6.21 Å². The molecular formula is C11H11N. The summed E-state index contributed by atoms with van der Waals surface area (Å²) >= 11 is 0. The number of hydrogen-bond acceptors (Lipinski definition) is 1. The van der Waals surface area contributed by atoms with E-state index in [1.165, 1.54) is 11.8 Å². The number of aryl methyl sites for hydroxylation is 2. The summed E-state index contributed by atoms with van der Waals surface area (Å²) in [6, 6.07) is 6.08. The van der Waals surface area contributed by atoms with Crippen molar-refractivity contribution in [2.75, 3.05) is 0 Å². The van der Waals surface area contributed by atoms with E-state index in [1.807, 2.05) is 19.1 Å². The SMILES string of the molecule is C#CC=Nc1ccc(C)cc1C. The van der Waals surface area contributed by atoms with Crippen molar-refractivity contribution in [3.63, 3.8) is 0 Å². The fourth-order valence-electron chi connectivity index (χ4n) is 1.06. The summed E-state index contributed by atoms with van der Waals surface area (Å²) in [5.41, 5.74) is 3.34. The zero-order chi connectivity index (χ0) is 8.97. The highest BCUT2D eigenvalue weighted by Gasteiger charge is 1.93. The first kappa shape index (κ1) is 8.55. The Morgan fingerprint density at radius 2 is 2.17 bits per heavy atom. The summed E-state index contributed by atoms with van der Waals surface area (Å²) in [5, 5.41) is 0. The van der Waals surface area contributed by atoms with Crippen molar-refractivity contribution >= 4 is 11.9 Å². The minimum absolute atomic E-state index is 0.943. The zero-order valence-electron chi connectivity index (χ0n) is 7.33. The van der Waals surface area contributed by atoms with Crippen LogP contribution < -0.4 is 0 Å². The van der Waals surface area contributed by atoms with E-state index < -0.39 is 0 Å². The maximum Gasteiger partial charge on any atom is 0.0771 e. The van der Waals surface area contributed by atoms with Gasteiger partial charge in [0.15, 0.2) is 0 Å². The number of rotatable bonds is 1. The second kappa shape index (κ2) is 3.73. The van der Waals surface area contributed by atoms with Crippen LogP contribution in [0.3, 0.4) is 0 Å². The van der Waals surface area contributed by atoms with Gasteiger partial charge in [0, 0.05) is 0 Å². The van der Waals surface area contributed by atoms with Crippen LogP contribution in [0.15, 0.2) is 23.2 Å². The molecule has 0 unspecified atom stereocenters. The standard InChI is InChI=1S/C11H11N/c1-4-7-12-11-6-5-9(2)8-10(11)3/h1,5-8H,2-3H3. The van der Waals surface area contributed by atoms with E-state index in [1.54, 1.807) is 0 Å². The van der Waals surface area contributed by atoms with Crippen molar-refractivity contribution in [2.45, 2.75) is 13.8 Å². The molecule has 0 aliphatic carbocycles. The molecule has 0 saturated heterocycles. The van der Waals surface area contributed by atoms with Crippen LogP contribution in [0.2, 0.25) is 0 Å².